The molecule has 0 radical (unpaired) electrons. The number of carbonyl (C=O) groups is 3. The number of amides is 2. The Kier molecular flexibility index (Phi) is 7.31. The van der Waals surface area contributed by atoms with Gasteiger partial charge in [-0.15, -0.1) is 0 Å². The van der Waals surface area contributed by atoms with Gasteiger partial charge in [0.15, 0.2) is 0 Å². The van der Waals surface area contributed by atoms with Crippen molar-refractivity contribution in [2.75, 3.05) is 13.2 Å². The Labute approximate surface area is 200 Å². The van der Waals surface area contributed by atoms with Gasteiger partial charge in [-0.25, -0.2) is 19.4 Å². The minimum atomic E-state index is -0.777. The zero-order valence-electron chi connectivity index (χ0n) is 18.8. The fraction of sp³-hybridized carbons (Fsp3) is 0.160. The summed E-state index contributed by atoms with van der Waals surface area (Å²) in [6.07, 6.45) is 4.54. The van der Waals surface area contributed by atoms with Gasteiger partial charge in [-0.05, 0) is 36.8 Å². The lowest BCUT2D eigenvalue weighted by Gasteiger charge is -2.29. The van der Waals surface area contributed by atoms with E-state index in [1.807, 2.05) is 6.07 Å². The fourth-order valence-corrected chi connectivity index (χ4v) is 3.44. The maximum atomic E-state index is 12.9. The first-order valence-electron chi connectivity index (χ1n) is 10.8. The van der Waals surface area contributed by atoms with Gasteiger partial charge in [0.05, 0.1) is 30.1 Å². The lowest BCUT2D eigenvalue weighted by molar-refractivity contribution is -0.139. The van der Waals surface area contributed by atoms with Crippen molar-refractivity contribution in [1.82, 2.24) is 20.6 Å². The molecule has 178 valence electrons. The summed E-state index contributed by atoms with van der Waals surface area (Å²) in [5, 5.41) is 5.29. The summed E-state index contributed by atoms with van der Waals surface area (Å²) in [7, 11) is 0. The second kappa shape index (κ2) is 10.9. The van der Waals surface area contributed by atoms with Crippen LogP contribution in [0.4, 0.5) is 4.79 Å². The number of urea groups is 1. The van der Waals surface area contributed by atoms with Gasteiger partial charge in [-0.1, -0.05) is 30.3 Å². The van der Waals surface area contributed by atoms with Gasteiger partial charge in [0.1, 0.15) is 17.9 Å². The number of nitrogens with one attached hydrogen (secondary N) is 2. The predicted octanol–water partition coefficient (Wildman–Crippen LogP) is 3.30. The number of benzene rings is 1. The van der Waals surface area contributed by atoms with Gasteiger partial charge in [0.25, 0.3) is 0 Å². The largest absolute Gasteiger partial charge is 0.463 e. The topological polar surface area (TPSA) is 129 Å². The summed E-state index contributed by atoms with van der Waals surface area (Å²) in [5.74, 6) is -0.968. The van der Waals surface area contributed by atoms with Crippen molar-refractivity contribution >= 4 is 18.0 Å². The van der Waals surface area contributed by atoms with Crippen molar-refractivity contribution in [1.29, 1.82) is 0 Å². The van der Waals surface area contributed by atoms with Gasteiger partial charge < -0.3 is 24.8 Å². The van der Waals surface area contributed by atoms with E-state index < -0.39 is 24.0 Å². The number of nitrogens with zero attached hydrogens (tertiary/aromatic N) is 2. The third-order valence-electron chi connectivity index (χ3n) is 4.97. The molecular formula is C25H22N4O6. The van der Waals surface area contributed by atoms with E-state index in [0.717, 1.165) is 0 Å². The summed E-state index contributed by atoms with van der Waals surface area (Å²) in [6, 6.07) is 14.0. The maximum absolute atomic E-state index is 12.9. The number of pyridine rings is 2. The number of carbonyl (C=O) groups excluding carboxylic acids is 3. The number of ether oxygens (including phenoxy) is 3. The number of hydrogen-bond acceptors (Lipinski definition) is 8. The van der Waals surface area contributed by atoms with Crippen LogP contribution in [0.1, 0.15) is 28.9 Å². The highest BCUT2D eigenvalue weighted by Crippen LogP contribution is 2.28. The van der Waals surface area contributed by atoms with Gasteiger partial charge in [0.2, 0.25) is 5.88 Å². The van der Waals surface area contributed by atoms with E-state index in [9.17, 15) is 14.4 Å². The Morgan fingerprint density at radius 1 is 0.971 bits per heavy atom. The standard InChI is InChI=1S/C25H22N4O6/c1-2-33-24(31)20-19(28-25(32)29-21(20)16-8-4-3-5-9-16)15-34-23(30)18-11-7-13-27-22(18)35-17-10-6-12-26-14-17/h3-14,21H,2,15H2,1H3,(H2,28,29,32). The third-order valence-corrected chi connectivity index (χ3v) is 4.97. The molecule has 4 rings (SSSR count). The molecule has 1 aliphatic heterocycles. The van der Waals surface area contributed by atoms with Gasteiger partial charge >= 0.3 is 18.0 Å². The van der Waals surface area contributed by atoms with Gasteiger partial charge in [-0.2, -0.15) is 0 Å². The first kappa shape index (κ1) is 23.4. The second-order valence-corrected chi connectivity index (χ2v) is 7.28. The van der Waals surface area contributed by atoms with Crippen molar-refractivity contribution in [3.63, 3.8) is 0 Å². The zero-order chi connectivity index (χ0) is 24.6. The van der Waals surface area contributed by atoms with Crippen LogP contribution in [0.5, 0.6) is 11.6 Å². The molecule has 0 spiro atoms. The van der Waals surface area contributed by atoms with E-state index in [4.69, 9.17) is 14.2 Å². The van der Waals surface area contributed by atoms with Crippen molar-refractivity contribution in [2.45, 2.75) is 13.0 Å². The highest BCUT2D eigenvalue weighted by Gasteiger charge is 2.34. The first-order chi connectivity index (χ1) is 17.1. The molecule has 2 amide bonds. The first-order valence-corrected chi connectivity index (χ1v) is 10.8. The molecule has 0 saturated heterocycles. The van der Waals surface area contributed by atoms with Crippen LogP contribution in [-0.4, -0.2) is 41.2 Å². The van der Waals surface area contributed by atoms with Gasteiger partial charge in [-0.3, -0.25) is 4.98 Å². The minimum absolute atomic E-state index is 0.0293. The highest BCUT2D eigenvalue weighted by atomic mass is 16.5. The van der Waals surface area contributed by atoms with Crippen LogP contribution < -0.4 is 15.4 Å². The maximum Gasteiger partial charge on any atom is 0.344 e. The molecule has 1 atom stereocenters. The van der Waals surface area contributed by atoms with E-state index >= 15 is 0 Å². The van der Waals surface area contributed by atoms with Crippen molar-refractivity contribution < 1.29 is 28.6 Å². The molecule has 0 aliphatic carbocycles. The third kappa shape index (κ3) is 5.61. The number of rotatable bonds is 8. The minimum Gasteiger partial charge on any atom is -0.463 e. The lowest BCUT2D eigenvalue weighted by Crippen LogP contribution is -2.47. The molecule has 1 unspecified atom stereocenters. The SMILES string of the molecule is CCOC(=O)C1=C(COC(=O)c2cccnc2Oc2cccnc2)NC(=O)NC1c1ccccc1. The Morgan fingerprint density at radius 2 is 1.77 bits per heavy atom. The van der Waals surface area contributed by atoms with E-state index in [1.165, 1.54) is 18.5 Å². The van der Waals surface area contributed by atoms with Gasteiger partial charge in [0, 0.05) is 12.4 Å². The summed E-state index contributed by atoms with van der Waals surface area (Å²) in [4.78, 5) is 46.2. The van der Waals surface area contributed by atoms with Crippen molar-refractivity contribution in [3.05, 3.63) is 95.6 Å². The lowest BCUT2D eigenvalue weighted by atomic mass is 9.95. The molecule has 10 heteroatoms. The van der Waals surface area contributed by atoms with E-state index in [2.05, 4.69) is 20.6 Å². The number of esters is 2. The molecular weight excluding hydrogens is 452 g/mol. The summed E-state index contributed by atoms with van der Waals surface area (Å²) >= 11 is 0. The fourth-order valence-electron chi connectivity index (χ4n) is 3.44. The Morgan fingerprint density at radius 3 is 2.51 bits per heavy atom. The summed E-state index contributed by atoms with van der Waals surface area (Å²) < 4.78 is 16.3. The smallest absolute Gasteiger partial charge is 0.344 e. The van der Waals surface area contributed by atoms with Crippen molar-refractivity contribution in [3.8, 4) is 11.6 Å². The molecule has 35 heavy (non-hydrogen) atoms. The van der Waals surface area contributed by atoms with Crippen LogP contribution in [-0.2, 0) is 14.3 Å². The normalized spacial score (nSPS) is 15.0. The van der Waals surface area contributed by atoms with Crippen LogP contribution in [0.15, 0.2) is 84.5 Å². The highest BCUT2D eigenvalue weighted by molar-refractivity contribution is 5.96. The Balaban J connectivity index is 1.60. The predicted molar refractivity (Wildman–Crippen MR) is 123 cm³/mol. The van der Waals surface area contributed by atoms with E-state index in [1.54, 1.807) is 55.6 Å². The molecule has 2 N–H and O–H groups in total. The Hall–Kier alpha value is -4.73. The van der Waals surface area contributed by atoms with Crippen LogP contribution in [0.2, 0.25) is 0 Å². The molecule has 1 aromatic carbocycles. The molecule has 10 nitrogen and oxygen atoms in total. The van der Waals surface area contributed by atoms with Crippen LogP contribution in [0, 0.1) is 0 Å². The molecule has 0 saturated carbocycles. The molecule has 2 aromatic heterocycles. The molecule has 3 aromatic rings. The monoisotopic (exact) mass is 474 g/mol. The second-order valence-electron chi connectivity index (χ2n) is 7.28. The van der Waals surface area contributed by atoms with Crippen molar-refractivity contribution in [2.24, 2.45) is 0 Å². The Bertz CT molecular complexity index is 1250. The molecule has 0 fully saturated rings. The van der Waals surface area contributed by atoms with Crippen LogP contribution in [0.3, 0.4) is 0 Å². The quantitative estimate of drug-likeness (QED) is 0.476. The number of hydrogen-bond donors (Lipinski definition) is 2. The number of aromatic nitrogens is 2. The van der Waals surface area contributed by atoms with E-state index in [-0.39, 0.29) is 35.9 Å². The van der Waals surface area contributed by atoms with E-state index in [0.29, 0.717) is 11.3 Å². The zero-order valence-corrected chi connectivity index (χ0v) is 18.8. The van der Waals surface area contributed by atoms with Crippen LogP contribution >= 0.6 is 0 Å². The molecule has 0 bridgehead atoms. The molecule has 3 heterocycles. The summed E-state index contributed by atoms with van der Waals surface area (Å²) in [6.45, 7) is 1.43. The molecule has 1 aliphatic rings. The average molecular weight is 474 g/mol. The van der Waals surface area contributed by atoms with Crippen LogP contribution in [0.25, 0.3) is 0 Å². The summed E-state index contributed by atoms with van der Waals surface area (Å²) in [5.41, 5.74) is 1.000. The average Bonchev–Trinajstić information content (AvgIpc) is 2.88.